The molecule has 1 aliphatic rings. The summed E-state index contributed by atoms with van der Waals surface area (Å²) in [4.78, 5) is 26.2. The van der Waals surface area contributed by atoms with E-state index < -0.39 is 0 Å². The van der Waals surface area contributed by atoms with Crippen molar-refractivity contribution in [3.05, 3.63) is 59.2 Å². The molecule has 0 radical (unpaired) electrons. The summed E-state index contributed by atoms with van der Waals surface area (Å²) in [5, 5.41) is 6.12. The molecule has 2 aromatic carbocycles. The molecule has 1 aliphatic heterocycles. The molecule has 1 fully saturated rings. The minimum atomic E-state index is -0.197. The molecule has 2 N–H and O–H groups in total. The van der Waals surface area contributed by atoms with Crippen LogP contribution < -0.4 is 20.1 Å². The summed E-state index contributed by atoms with van der Waals surface area (Å²) >= 11 is 0. The van der Waals surface area contributed by atoms with Crippen LogP contribution in [0.4, 0.5) is 0 Å². The zero-order valence-corrected chi connectivity index (χ0v) is 17.7. The largest absolute Gasteiger partial charge is 0.497 e. The van der Waals surface area contributed by atoms with Crippen LogP contribution in [0, 0.1) is 13.8 Å². The van der Waals surface area contributed by atoms with Crippen LogP contribution in [-0.2, 0) is 9.59 Å². The Kier molecular flexibility index (Phi) is 7.30. The standard InChI is InChI=1S/C23H29N3O4/c1-16-10-17(2)12-20(11-16)30-9-8-24-22(27)14-26-15-25-21(13-23(26)28)18-4-6-19(29-3)7-5-18/h4-7,10-12,21,25H,8-9,13-15H2,1-3H3,(H,24,27). The minimum Gasteiger partial charge on any atom is -0.497 e. The Labute approximate surface area is 177 Å². The molecule has 1 saturated heterocycles. The van der Waals surface area contributed by atoms with Crippen LogP contribution >= 0.6 is 0 Å². The normalized spacial score (nSPS) is 16.3. The number of amides is 2. The Morgan fingerprint density at radius 1 is 1.13 bits per heavy atom. The van der Waals surface area contributed by atoms with E-state index in [0.717, 1.165) is 28.2 Å². The maximum Gasteiger partial charge on any atom is 0.239 e. The van der Waals surface area contributed by atoms with Crippen molar-refractivity contribution in [2.24, 2.45) is 0 Å². The predicted molar refractivity (Wildman–Crippen MR) is 114 cm³/mol. The topological polar surface area (TPSA) is 79.9 Å². The molecule has 0 bridgehead atoms. The quantitative estimate of drug-likeness (QED) is 0.652. The van der Waals surface area contributed by atoms with Crippen LogP contribution in [-0.4, -0.2) is 50.2 Å². The molecule has 0 spiro atoms. The third kappa shape index (κ3) is 5.97. The number of benzene rings is 2. The van der Waals surface area contributed by atoms with Gasteiger partial charge in [0.1, 0.15) is 24.7 Å². The highest BCUT2D eigenvalue weighted by Gasteiger charge is 2.27. The van der Waals surface area contributed by atoms with Crippen LogP contribution in [0.3, 0.4) is 0 Å². The second kappa shape index (κ2) is 10.1. The van der Waals surface area contributed by atoms with Gasteiger partial charge in [-0.3, -0.25) is 14.9 Å². The predicted octanol–water partition coefficient (Wildman–Crippen LogP) is 2.33. The van der Waals surface area contributed by atoms with Crippen molar-refractivity contribution in [1.82, 2.24) is 15.5 Å². The summed E-state index contributed by atoms with van der Waals surface area (Å²) in [6, 6.07) is 13.6. The van der Waals surface area contributed by atoms with Gasteiger partial charge in [0.2, 0.25) is 11.8 Å². The van der Waals surface area contributed by atoms with Gasteiger partial charge in [-0.2, -0.15) is 0 Å². The maximum atomic E-state index is 12.5. The van der Waals surface area contributed by atoms with Gasteiger partial charge in [0, 0.05) is 12.5 Å². The highest BCUT2D eigenvalue weighted by Crippen LogP contribution is 2.23. The van der Waals surface area contributed by atoms with Crippen molar-refractivity contribution in [3.8, 4) is 11.5 Å². The number of ether oxygens (including phenoxy) is 2. The molecule has 7 nitrogen and oxygen atoms in total. The first-order valence-corrected chi connectivity index (χ1v) is 10.1. The zero-order chi connectivity index (χ0) is 21.5. The second-order valence-corrected chi connectivity index (χ2v) is 7.51. The first kappa shape index (κ1) is 21.6. The fourth-order valence-corrected chi connectivity index (χ4v) is 3.51. The van der Waals surface area contributed by atoms with Gasteiger partial charge in [-0.1, -0.05) is 18.2 Å². The molecule has 0 aromatic heterocycles. The average molecular weight is 412 g/mol. The zero-order valence-electron chi connectivity index (χ0n) is 17.7. The van der Waals surface area contributed by atoms with E-state index in [2.05, 4.69) is 16.7 Å². The Hall–Kier alpha value is -3.06. The third-order valence-electron chi connectivity index (χ3n) is 5.00. The van der Waals surface area contributed by atoms with Crippen molar-refractivity contribution in [2.75, 3.05) is 33.5 Å². The van der Waals surface area contributed by atoms with E-state index in [1.165, 1.54) is 4.90 Å². The summed E-state index contributed by atoms with van der Waals surface area (Å²) in [7, 11) is 1.62. The Bertz CT molecular complexity index is 862. The molecule has 30 heavy (non-hydrogen) atoms. The summed E-state index contributed by atoms with van der Waals surface area (Å²) in [6.07, 6.45) is 0.315. The molecule has 7 heteroatoms. The van der Waals surface area contributed by atoms with Gasteiger partial charge in [0.15, 0.2) is 0 Å². The van der Waals surface area contributed by atoms with Crippen LogP contribution in [0.1, 0.15) is 29.2 Å². The van der Waals surface area contributed by atoms with Crippen molar-refractivity contribution in [3.63, 3.8) is 0 Å². The smallest absolute Gasteiger partial charge is 0.239 e. The van der Waals surface area contributed by atoms with E-state index in [4.69, 9.17) is 9.47 Å². The third-order valence-corrected chi connectivity index (χ3v) is 5.00. The van der Waals surface area contributed by atoms with Crippen molar-refractivity contribution >= 4 is 11.8 Å². The maximum absolute atomic E-state index is 12.5. The van der Waals surface area contributed by atoms with Gasteiger partial charge in [0.05, 0.1) is 20.3 Å². The molecule has 160 valence electrons. The monoisotopic (exact) mass is 411 g/mol. The molecule has 2 aromatic rings. The minimum absolute atomic E-state index is 0.0325. The van der Waals surface area contributed by atoms with E-state index >= 15 is 0 Å². The lowest BCUT2D eigenvalue weighted by molar-refractivity contribution is -0.139. The molecule has 2 amide bonds. The highest BCUT2D eigenvalue weighted by atomic mass is 16.5. The summed E-state index contributed by atoms with van der Waals surface area (Å²) in [6.45, 7) is 5.16. The number of hydrogen-bond donors (Lipinski definition) is 2. The molecule has 0 saturated carbocycles. The van der Waals surface area contributed by atoms with Crippen LogP contribution in [0.25, 0.3) is 0 Å². The molecule has 0 aliphatic carbocycles. The van der Waals surface area contributed by atoms with E-state index in [1.54, 1.807) is 7.11 Å². The number of aryl methyl sites for hydroxylation is 2. The molecular formula is C23H29N3O4. The van der Waals surface area contributed by atoms with Crippen molar-refractivity contribution in [2.45, 2.75) is 26.3 Å². The lowest BCUT2D eigenvalue weighted by Gasteiger charge is -2.32. The average Bonchev–Trinajstić information content (AvgIpc) is 2.72. The van der Waals surface area contributed by atoms with Gasteiger partial charge < -0.3 is 19.7 Å². The molecular weight excluding hydrogens is 382 g/mol. The van der Waals surface area contributed by atoms with E-state index in [9.17, 15) is 9.59 Å². The summed E-state index contributed by atoms with van der Waals surface area (Å²) < 4.78 is 10.9. The molecule has 1 heterocycles. The van der Waals surface area contributed by atoms with Gasteiger partial charge in [-0.05, 0) is 54.8 Å². The number of nitrogens with zero attached hydrogens (tertiary/aromatic N) is 1. The van der Waals surface area contributed by atoms with Crippen molar-refractivity contribution in [1.29, 1.82) is 0 Å². The second-order valence-electron chi connectivity index (χ2n) is 7.51. The van der Waals surface area contributed by atoms with Crippen LogP contribution in [0.2, 0.25) is 0 Å². The number of nitrogens with one attached hydrogen (secondary N) is 2. The Balaban J connectivity index is 1.39. The number of hydrogen-bond acceptors (Lipinski definition) is 5. The number of methoxy groups -OCH3 is 1. The first-order chi connectivity index (χ1) is 14.4. The van der Waals surface area contributed by atoms with E-state index in [-0.39, 0.29) is 24.4 Å². The van der Waals surface area contributed by atoms with Gasteiger partial charge in [0.25, 0.3) is 0 Å². The number of carbonyl (C=O) groups excluding carboxylic acids is 2. The Morgan fingerprint density at radius 3 is 2.47 bits per heavy atom. The van der Waals surface area contributed by atoms with Gasteiger partial charge >= 0.3 is 0 Å². The van der Waals surface area contributed by atoms with Crippen LogP contribution in [0.5, 0.6) is 11.5 Å². The van der Waals surface area contributed by atoms with Crippen molar-refractivity contribution < 1.29 is 19.1 Å². The highest BCUT2D eigenvalue weighted by molar-refractivity contribution is 5.85. The summed E-state index contributed by atoms with van der Waals surface area (Å²) in [5.41, 5.74) is 3.30. The first-order valence-electron chi connectivity index (χ1n) is 10.1. The molecule has 1 atom stereocenters. The lowest BCUT2D eigenvalue weighted by atomic mass is 10.0. The fraction of sp³-hybridized carbons (Fsp3) is 0.391. The number of rotatable bonds is 8. The SMILES string of the molecule is COc1ccc(C2CC(=O)N(CC(=O)NCCOc3cc(C)cc(C)c3)CN2)cc1. The fourth-order valence-electron chi connectivity index (χ4n) is 3.51. The van der Waals surface area contributed by atoms with E-state index in [0.29, 0.717) is 26.2 Å². The lowest BCUT2D eigenvalue weighted by Crippen LogP contribution is -2.50. The van der Waals surface area contributed by atoms with Gasteiger partial charge in [-0.15, -0.1) is 0 Å². The number of carbonyl (C=O) groups is 2. The van der Waals surface area contributed by atoms with E-state index in [1.807, 2.05) is 50.2 Å². The molecule has 3 rings (SSSR count). The molecule has 1 unspecified atom stereocenters. The van der Waals surface area contributed by atoms with Crippen LogP contribution in [0.15, 0.2) is 42.5 Å². The summed E-state index contributed by atoms with van der Waals surface area (Å²) in [5.74, 6) is 1.33. The Morgan fingerprint density at radius 2 is 1.83 bits per heavy atom. The van der Waals surface area contributed by atoms with Gasteiger partial charge in [-0.25, -0.2) is 0 Å².